The molecule has 0 aromatic carbocycles. The zero-order valence-corrected chi connectivity index (χ0v) is 10.3. The predicted molar refractivity (Wildman–Crippen MR) is 58.5 cm³/mol. The Hall–Kier alpha value is 0.890. The molecule has 13 heavy (non-hydrogen) atoms. The van der Waals surface area contributed by atoms with Gasteiger partial charge in [0.15, 0.2) is 0 Å². The minimum atomic E-state index is -1.73. The number of hydrogen-bond donors (Lipinski definition) is 0. The molecule has 7 heteroatoms. The summed E-state index contributed by atoms with van der Waals surface area (Å²) in [6, 6.07) is 0. The van der Waals surface area contributed by atoms with Crippen LogP contribution in [0.15, 0.2) is 6.20 Å². The molecule has 0 aliphatic heterocycles. The third-order valence-electron chi connectivity index (χ3n) is 1.21. The quantitative estimate of drug-likeness (QED) is 0.492. The second-order valence-corrected chi connectivity index (χ2v) is 5.51. The van der Waals surface area contributed by atoms with Gasteiger partial charge in [0, 0.05) is 6.20 Å². The van der Waals surface area contributed by atoms with Crippen LogP contribution in [-0.4, -0.2) is 4.98 Å². The first kappa shape index (κ1) is 12.0. The van der Waals surface area contributed by atoms with E-state index in [1.165, 1.54) is 6.20 Å². The highest BCUT2D eigenvalue weighted by atomic mass is 35.6. The molecule has 0 unspecified atom stereocenters. The fraction of sp³-hybridized carbons (Fsp3) is 0.167. The van der Waals surface area contributed by atoms with E-state index in [2.05, 4.69) is 4.98 Å². The molecule has 0 atom stereocenters. The Morgan fingerprint density at radius 2 is 1.62 bits per heavy atom. The Labute approximate surface area is 105 Å². The van der Waals surface area contributed by atoms with Crippen LogP contribution >= 0.6 is 69.6 Å². The zero-order chi connectivity index (χ0) is 10.2. The molecule has 1 aromatic heterocycles. The molecule has 72 valence electrons. The van der Waals surface area contributed by atoms with E-state index in [0.29, 0.717) is 0 Å². The normalized spacial score (nSPS) is 11.8. The van der Waals surface area contributed by atoms with Crippen molar-refractivity contribution >= 4 is 69.6 Å². The van der Waals surface area contributed by atoms with E-state index in [4.69, 9.17) is 69.6 Å². The topological polar surface area (TPSA) is 12.9 Å². The predicted octanol–water partition coefficient (Wildman–Crippen LogP) is 4.87. The van der Waals surface area contributed by atoms with Gasteiger partial charge in [-0.05, 0) is 0 Å². The minimum Gasteiger partial charge on any atom is -0.242 e. The lowest BCUT2D eigenvalue weighted by Gasteiger charge is -2.14. The van der Waals surface area contributed by atoms with E-state index in [1.54, 1.807) is 0 Å². The van der Waals surface area contributed by atoms with Gasteiger partial charge in [-0.25, -0.2) is 4.98 Å². The number of aromatic nitrogens is 1. The monoisotopic (exact) mass is 297 g/mol. The van der Waals surface area contributed by atoms with E-state index < -0.39 is 3.79 Å². The molecule has 0 aliphatic rings. The van der Waals surface area contributed by atoms with E-state index in [-0.39, 0.29) is 20.8 Å². The summed E-state index contributed by atoms with van der Waals surface area (Å²) in [5.74, 6) is 0. The Balaban J connectivity index is 3.43. The molecule has 1 heterocycles. The zero-order valence-electron chi connectivity index (χ0n) is 5.79. The van der Waals surface area contributed by atoms with Gasteiger partial charge in [-0.1, -0.05) is 69.6 Å². The van der Waals surface area contributed by atoms with Crippen LogP contribution in [0.2, 0.25) is 15.2 Å². The van der Waals surface area contributed by atoms with Crippen molar-refractivity contribution in [2.45, 2.75) is 3.79 Å². The summed E-state index contributed by atoms with van der Waals surface area (Å²) < 4.78 is -1.73. The van der Waals surface area contributed by atoms with E-state index >= 15 is 0 Å². The summed E-state index contributed by atoms with van der Waals surface area (Å²) in [5, 5.41) is 0.309. The van der Waals surface area contributed by atoms with Crippen molar-refractivity contribution in [3.63, 3.8) is 0 Å². The number of pyridine rings is 1. The van der Waals surface area contributed by atoms with Crippen LogP contribution in [0.25, 0.3) is 0 Å². The van der Waals surface area contributed by atoms with Crippen molar-refractivity contribution < 1.29 is 0 Å². The third-order valence-corrected chi connectivity index (χ3v) is 2.84. The first-order valence-corrected chi connectivity index (χ1v) is 5.17. The van der Waals surface area contributed by atoms with Crippen molar-refractivity contribution in [3.05, 3.63) is 27.0 Å². The highest BCUT2D eigenvalue weighted by molar-refractivity contribution is 6.68. The van der Waals surface area contributed by atoms with Crippen molar-refractivity contribution in [2.75, 3.05) is 0 Å². The van der Waals surface area contributed by atoms with E-state index in [1.807, 2.05) is 0 Å². The van der Waals surface area contributed by atoms with Crippen LogP contribution in [0.5, 0.6) is 0 Å². The largest absolute Gasteiger partial charge is 0.242 e. The molecule has 0 spiro atoms. The Bertz CT molecular complexity index is 331. The average molecular weight is 300 g/mol. The van der Waals surface area contributed by atoms with E-state index in [9.17, 15) is 0 Å². The minimum absolute atomic E-state index is 0.0226. The van der Waals surface area contributed by atoms with Gasteiger partial charge in [-0.2, -0.15) is 0 Å². The standard InChI is InChI=1S/C6HCl6N/c7-2-1-13-5(9)3(4(2)8)6(10,11)12/h1H. The van der Waals surface area contributed by atoms with Gasteiger partial charge in [0.05, 0.1) is 15.6 Å². The van der Waals surface area contributed by atoms with Crippen molar-refractivity contribution in [1.29, 1.82) is 0 Å². The molecular weight excluding hydrogens is 299 g/mol. The first-order valence-electron chi connectivity index (χ1n) is 2.90. The Kier molecular flexibility index (Phi) is 3.84. The Morgan fingerprint density at radius 1 is 1.08 bits per heavy atom. The molecule has 0 bridgehead atoms. The molecule has 0 N–H and O–H groups in total. The maximum Gasteiger partial charge on any atom is 0.220 e. The number of alkyl halides is 3. The Morgan fingerprint density at radius 3 is 2.00 bits per heavy atom. The lowest BCUT2D eigenvalue weighted by Crippen LogP contribution is -2.04. The molecule has 0 saturated carbocycles. The summed E-state index contributed by atoms with van der Waals surface area (Å²) in [6.07, 6.45) is 1.28. The first-order chi connectivity index (χ1) is 5.84. The molecule has 0 saturated heterocycles. The molecule has 0 amide bonds. The van der Waals surface area contributed by atoms with Crippen LogP contribution in [-0.2, 0) is 3.79 Å². The van der Waals surface area contributed by atoms with Crippen molar-refractivity contribution in [1.82, 2.24) is 4.98 Å². The summed E-state index contributed by atoms with van der Waals surface area (Å²) in [5.41, 5.74) is 0.0910. The van der Waals surface area contributed by atoms with Crippen LogP contribution < -0.4 is 0 Å². The SMILES string of the molecule is Clc1cnc(Cl)c(C(Cl)(Cl)Cl)c1Cl. The summed E-state index contributed by atoms with van der Waals surface area (Å²) in [7, 11) is 0. The number of rotatable bonds is 0. The molecule has 1 aromatic rings. The van der Waals surface area contributed by atoms with Crippen LogP contribution in [0, 0.1) is 0 Å². The van der Waals surface area contributed by atoms with Gasteiger partial charge in [0.2, 0.25) is 3.79 Å². The highest BCUT2D eigenvalue weighted by Crippen LogP contribution is 2.46. The lowest BCUT2D eigenvalue weighted by molar-refractivity contribution is 1.17. The number of hydrogen-bond acceptors (Lipinski definition) is 1. The van der Waals surface area contributed by atoms with E-state index in [0.717, 1.165) is 0 Å². The molecule has 0 aliphatic carbocycles. The smallest absolute Gasteiger partial charge is 0.220 e. The van der Waals surface area contributed by atoms with Gasteiger partial charge in [0.25, 0.3) is 0 Å². The second-order valence-electron chi connectivity index (χ2n) is 2.08. The van der Waals surface area contributed by atoms with Crippen LogP contribution in [0.4, 0.5) is 0 Å². The average Bonchev–Trinajstić information content (AvgIpc) is 1.95. The molecule has 0 radical (unpaired) electrons. The van der Waals surface area contributed by atoms with Gasteiger partial charge >= 0.3 is 0 Å². The molecule has 1 nitrogen and oxygen atoms in total. The van der Waals surface area contributed by atoms with Gasteiger partial charge in [0.1, 0.15) is 5.15 Å². The molecule has 1 rings (SSSR count). The fourth-order valence-corrected chi connectivity index (χ4v) is 2.28. The molecular formula is C6HCl6N. The second kappa shape index (κ2) is 4.18. The van der Waals surface area contributed by atoms with Crippen LogP contribution in [0.1, 0.15) is 5.56 Å². The highest BCUT2D eigenvalue weighted by Gasteiger charge is 2.30. The summed E-state index contributed by atoms with van der Waals surface area (Å²) >= 11 is 33.9. The van der Waals surface area contributed by atoms with Crippen molar-refractivity contribution in [2.24, 2.45) is 0 Å². The summed E-state index contributed by atoms with van der Waals surface area (Å²) in [6.45, 7) is 0. The third kappa shape index (κ3) is 2.68. The number of nitrogens with zero attached hydrogens (tertiary/aromatic N) is 1. The van der Waals surface area contributed by atoms with Gasteiger partial charge in [-0.3, -0.25) is 0 Å². The summed E-state index contributed by atoms with van der Waals surface area (Å²) in [4.78, 5) is 3.70. The van der Waals surface area contributed by atoms with Gasteiger partial charge in [-0.15, -0.1) is 0 Å². The fourth-order valence-electron chi connectivity index (χ4n) is 0.686. The lowest BCUT2D eigenvalue weighted by atomic mass is 10.3. The maximum atomic E-state index is 5.77. The van der Waals surface area contributed by atoms with Crippen LogP contribution in [0.3, 0.4) is 0 Å². The number of halogens is 6. The van der Waals surface area contributed by atoms with Crippen molar-refractivity contribution in [3.8, 4) is 0 Å². The van der Waals surface area contributed by atoms with Gasteiger partial charge < -0.3 is 0 Å². The maximum absolute atomic E-state index is 5.77. The molecule has 0 fully saturated rings.